The second kappa shape index (κ2) is 8.15. The Morgan fingerprint density at radius 2 is 1.65 bits per heavy atom. The van der Waals surface area contributed by atoms with E-state index in [2.05, 4.69) is 39.5 Å². The van der Waals surface area contributed by atoms with E-state index in [1.807, 2.05) is 25.6 Å². The lowest BCUT2D eigenvalue weighted by Crippen LogP contribution is -2.48. The molecule has 0 rings (SSSR count). The smallest absolute Gasteiger partial charge is 0.153 e. The molecule has 0 aliphatic heterocycles. The first-order valence-electron chi connectivity index (χ1n) is 6.72. The molecule has 17 heavy (non-hydrogen) atoms. The maximum atomic E-state index is 12.3. The zero-order valence-corrected chi connectivity index (χ0v) is 13.3. The molecule has 102 valence electrons. The van der Waals surface area contributed by atoms with Crippen molar-refractivity contribution < 1.29 is 4.79 Å². The van der Waals surface area contributed by atoms with E-state index in [4.69, 9.17) is 0 Å². The third-order valence-electron chi connectivity index (χ3n) is 2.91. The van der Waals surface area contributed by atoms with E-state index in [1.165, 1.54) is 0 Å². The average molecular weight is 259 g/mol. The quantitative estimate of drug-likeness (QED) is 0.666. The van der Waals surface area contributed by atoms with Gasteiger partial charge in [-0.3, -0.25) is 9.69 Å². The Bertz CT molecular complexity index is 226. The molecule has 3 heteroatoms. The lowest BCUT2D eigenvalue weighted by Gasteiger charge is -2.34. The highest BCUT2D eigenvalue weighted by Crippen LogP contribution is 2.19. The molecular formula is C14H29NOS. The summed E-state index contributed by atoms with van der Waals surface area (Å²) in [6.45, 7) is 15.8. The molecule has 0 saturated heterocycles. The topological polar surface area (TPSA) is 20.3 Å². The van der Waals surface area contributed by atoms with Crippen molar-refractivity contribution in [3.63, 3.8) is 0 Å². The number of likely N-dealkylation sites (N-methyl/N-ethyl adjacent to an activating group) is 1. The zero-order chi connectivity index (χ0) is 13.6. The summed E-state index contributed by atoms with van der Waals surface area (Å²) in [5.74, 6) is 1.43. The number of hydrogen-bond acceptors (Lipinski definition) is 3. The lowest BCUT2D eigenvalue weighted by atomic mass is 10.0. The second-order valence-corrected chi connectivity index (χ2v) is 6.99. The molecule has 0 aromatic carbocycles. The molecule has 0 bridgehead atoms. The van der Waals surface area contributed by atoms with Gasteiger partial charge in [0.05, 0.1) is 6.04 Å². The van der Waals surface area contributed by atoms with E-state index in [0.29, 0.717) is 17.1 Å². The van der Waals surface area contributed by atoms with Gasteiger partial charge in [0.25, 0.3) is 0 Å². The predicted molar refractivity (Wildman–Crippen MR) is 78.7 cm³/mol. The first-order valence-corrected chi connectivity index (χ1v) is 7.77. The number of Topliss-reactive ketones (excluding diaryl/α,β-unsaturated/α-hetero) is 1. The Kier molecular flexibility index (Phi) is 8.14. The SMILES string of the molecule is CCN(C(C)C)C(CSC(C)C)C(=O)C(C)C. The van der Waals surface area contributed by atoms with Crippen LogP contribution in [0.5, 0.6) is 0 Å². The van der Waals surface area contributed by atoms with Crippen molar-refractivity contribution in [2.75, 3.05) is 12.3 Å². The van der Waals surface area contributed by atoms with Crippen LogP contribution in [0.25, 0.3) is 0 Å². The van der Waals surface area contributed by atoms with Gasteiger partial charge in [-0.1, -0.05) is 34.6 Å². The van der Waals surface area contributed by atoms with Gasteiger partial charge in [-0.15, -0.1) is 0 Å². The molecule has 1 atom stereocenters. The minimum Gasteiger partial charge on any atom is -0.298 e. The van der Waals surface area contributed by atoms with Gasteiger partial charge in [0.2, 0.25) is 0 Å². The van der Waals surface area contributed by atoms with Crippen LogP contribution in [0.1, 0.15) is 48.5 Å². The van der Waals surface area contributed by atoms with Crippen molar-refractivity contribution in [1.82, 2.24) is 4.90 Å². The largest absolute Gasteiger partial charge is 0.298 e. The Balaban J connectivity index is 4.75. The molecule has 0 aromatic heterocycles. The summed E-state index contributed by atoms with van der Waals surface area (Å²) in [4.78, 5) is 14.6. The molecule has 0 aliphatic rings. The summed E-state index contributed by atoms with van der Waals surface area (Å²) < 4.78 is 0. The maximum absolute atomic E-state index is 12.3. The fourth-order valence-corrected chi connectivity index (χ4v) is 2.88. The van der Waals surface area contributed by atoms with E-state index < -0.39 is 0 Å². The molecule has 0 spiro atoms. The second-order valence-electron chi connectivity index (χ2n) is 5.38. The summed E-state index contributed by atoms with van der Waals surface area (Å²) in [7, 11) is 0. The van der Waals surface area contributed by atoms with Crippen LogP contribution in [0.3, 0.4) is 0 Å². The Labute approximate surface area is 112 Å². The van der Waals surface area contributed by atoms with Crippen molar-refractivity contribution >= 4 is 17.5 Å². The van der Waals surface area contributed by atoms with Crippen molar-refractivity contribution in [3.8, 4) is 0 Å². The molecule has 0 aromatic rings. The molecule has 0 N–H and O–H groups in total. The number of ketones is 1. The van der Waals surface area contributed by atoms with Gasteiger partial charge in [0.1, 0.15) is 0 Å². The van der Waals surface area contributed by atoms with Crippen molar-refractivity contribution in [2.45, 2.75) is 65.8 Å². The Morgan fingerprint density at radius 3 is 1.94 bits per heavy atom. The van der Waals surface area contributed by atoms with Crippen molar-refractivity contribution in [2.24, 2.45) is 5.92 Å². The zero-order valence-electron chi connectivity index (χ0n) is 12.5. The van der Waals surface area contributed by atoms with Gasteiger partial charge in [0.15, 0.2) is 5.78 Å². The summed E-state index contributed by atoms with van der Waals surface area (Å²) in [6.07, 6.45) is 0. The fourth-order valence-electron chi connectivity index (χ4n) is 1.96. The maximum Gasteiger partial charge on any atom is 0.153 e. The van der Waals surface area contributed by atoms with E-state index in [-0.39, 0.29) is 12.0 Å². The van der Waals surface area contributed by atoms with Crippen LogP contribution >= 0.6 is 11.8 Å². The normalized spacial score (nSPS) is 14.1. The first-order chi connectivity index (χ1) is 7.81. The summed E-state index contributed by atoms with van der Waals surface area (Å²) >= 11 is 1.88. The minimum atomic E-state index is 0.0763. The van der Waals surface area contributed by atoms with Gasteiger partial charge in [0, 0.05) is 17.7 Å². The summed E-state index contributed by atoms with van der Waals surface area (Å²) in [5.41, 5.74) is 0. The summed E-state index contributed by atoms with van der Waals surface area (Å²) in [6, 6.07) is 0.507. The molecule has 0 aliphatic carbocycles. The van der Waals surface area contributed by atoms with Gasteiger partial charge >= 0.3 is 0 Å². The number of rotatable bonds is 8. The monoisotopic (exact) mass is 259 g/mol. The standard InChI is InChI=1S/C14H29NOS/c1-8-15(11(4)5)13(9-17-12(6)7)14(16)10(2)3/h10-13H,8-9H2,1-7H3. The molecule has 0 saturated carbocycles. The number of carbonyl (C=O) groups is 1. The van der Waals surface area contributed by atoms with Crippen LogP contribution in [-0.2, 0) is 4.79 Å². The first kappa shape index (κ1) is 17.0. The van der Waals surface area contributed by atoms with E-state index in [0.717, 1.165) is 12.3 Å². The molecule has 2 nitrogen and oxygen atoms in total. The predicted octanol–water partition coefficient (Wildman–Crippen LogP) is 3.45. The Hall–Kier alpha value is -0.0200. The van der Waals surface area contributed by atoms with Crippen LogP contribution in [0.2, 0.25) is 0 Å². The van der Waals surface area contributed by atoms with E-state index in [9.17, 15) is 4.79 Å². The van der Waals surface area contributed by atoms with E-state index in [1.54, 1.807) is 0 Å². The molecule has 0 fully saturated rings. The molecule has 0 heterocycles. The minimum absolute atomic E-state index is 0.0763. The lowest BCUT2D eigenvalue weighted by molar-refractivity contribution is -0.127. The van der Waals surface area contributed by atoms with Crippen molar-refractivity contribution in [3.05, 3.63) is 0 Å². The molecule has 0 radical (unpaired) electrons. The van der Waals surface area contributed by atoms with Crippen molar-refractivity contribution in [1.29, 1.82) is 0 Å². The van der Waals surface area contributed by atoms with Crippen LogP contribution in [0, 0.1) is 5.92 Å². The number of hydrogen-bond donors (Lipinski definition) is 0. The average Bonchev–Trinajstić information content (AvgIpc) is 2.21. The van der Waals surface area contributed by atoms with Gasteiger partial charge in [-0.25, -0.2) is 0 Å². The third kappa shape index (κ3) is 5.91. The fraction of sp³-hybridized carbons (Fsp3) is 0.929. The van der Waals surface area contributed by atoms with Gasteiger partial charge in [-0.05, 0) is 25.6 Å². The highest BCUT2D eigenvalue weighted by Gasteiger charge is 2.28. The number of thioether (sulfide) groups is 1. The number of carbonyl (C=O) groups excluding carboxylic acids is 1. The molecule has 1 unspecified atom stereocenters. The number of nitrogens with zero attached hydrogens (tertiary/aromatic N) is 1. The van der Waals surface area contributed by atoms with Crippen LogP contribution in [0.4, 0.5) is 0 Å². The molecule has 0 amide bonds. The van der Waals surface area contributed by atoms with E-state index >= 15 is 0 Å². The molecular weight excluding hydrogens is 230 g/mol. The van der Waals surface area contributed by atoms with Crippen LogP contribution in [0.15, 0.2) is 0 Å². The van der Waals surface area contributed by atoms with Crippen LogP contribution in [-0.4, -0.2) is 40.3 Å². The van der Waals surface area contributed by atoms with Gasteiger partial charge in [-0.2, -0.15) is 11.8 Å². The highest BCUT2D eigenvalue weighted by atomic mass is 32.2. The highest BCUT2D eigenvalue weighted by molar-refractivity contribution is 7.99. The van der Waals surface area contributed by atoms with Gasteiger partial charge < -0.3 is 0 Å². The Morgan fingerprint density at radius 1 is 1.12 bits per heavy atom. The van der Waals surface area contributed by atoms with Crippen LogP contribution < -0.4 is 0 Å². The summed E-state index contributed by atoms with van der Waals surface area (Å²) in [5, 5.41) is 0.586. The third-order valence-corrected chi connectivity index (χ3v) is 4.09.